The summed E-state index contributed by atoms with van der Waals surface area (Å²) in [5.41, 5.74) is 2.10. The van der Waals surface area contributed by atoms with Crippen molar-refractivity contribution >= 4 is 11.6 Å². The van der Waals surface area contributed by atoms with Crippen LogP contribution in [-0.4, -0.2) is 19.1 Å². The molecule has 1 aliphatic heterocycles. The molecule has 3 nitrogen and oxygen atoms in total. The predicted molar refractivity (Wildman–Crippen MR) is 83.7 cm³/mol. The predicted octanol–water partition coefficient (Wildman–Crippen LogP) is 3.43. The number of rotatable bonds is 3. The number of aryl methyl sites for hydroxylation is 1. The van der Waals surface area contributed by atoms with Crippen LogP contribution in [0.1, 0.15) is 18.4 Å². The fourth-order valence-electron chi connectivity index (χ4n) is 2.62. The lowest BCUT2D eigenvalue weighted by Crippen LogP contribution is -2.31. The van der Waals surface area contributed by atoms with Crippen molar-refractivity contribution in [1.29, 1.82) is 0 Å². The van der Waals surface area contributed by atoms with Gasteiger partial charge < -0.3 is 9.64 Å². The zero-order chi connectivity index (χ0) is 14.5. The molecule has 0 saturated carbocycles. The van der Waals surface area contributed by atoms with Gasteiger partial charge in [0, 0.05) is 13.0 Å². The quantitative estimate of drug-likeness (QED) is 0.862. The zero-order valence-corrected chi connectivity index (χ0v) is 12.0. The van der Waals surface area contributed by atoms with E-state index in [1.807, 2.05) is 47.4 Å². The van der Waals surface area contributed by atoms with Gasteiger partial charge in [0.05, 0.1) is 12.3 Å². The van der Waals surface area contributed by atoms with Crippen LogP contribution in [-0.2, 0) is 11.2 Å². The Bertz CT molecular complexity index is 610. The second kappa shape index (κ2) is 6.44. The van der Waals surface area contributed by atoms with Gasteiger partial charge in [0.15, 0.2) is 0 Å². The van der Waals surface area contributed by atoms with Gasteiger partial charge in [-0.1, -0.05) is 42.5 Å². The molecule has 1 amide bonds. The lowest BCUT2D eigenvalue weighted by Gasteiger charge is -2.21. The Morgan fingerprint density at radius 2 is 1.81 bits per heavy atom. The highest BCUT2D eigenvalue weighted by atomic mass is 16.5. The minimum atomic E-state index is 0.164. The summed E-state index contributed by atoms with van der Waals surface area (Å²) in [5.74, 6) is 0.972. The van der Waals surface area contributed by atoms with Gasteiger partial charge in [-0.15, -0.1) is 0 Å². The number of nitrogens with zero attached hydrogens (tertiary/aromatic N) is 1. The van der Waals surface area contributed by atoms with E-state index < -0.39 is 0 Å². The van der Waals surface area contributed by atoms with Crippen LogP contribution >= 0.6 is 0 Å². The van der Waals surface area contributed by atoms with Crippen molar-refractivity contribution in [3.8, 4) is 5.75 Å². The number of anilines is 1. The largest absolute Gasteiger partial charge is 0.491 e. The first-order valence-electron chi connectivity index (χ1n) is 7.41. The maximum atomic E-state index is 12.6. The number of benzene rings is 2. The maximum Gasteiger partial charge on any atom is 0.227 e. The second-order valence-corrected chi connectivity index (χ2v) is 5.20. The fourth-order valence-corrected chi connectivity index (χ4v) is 2.62. The van der Waals surface area contributed by atoms with Crippen LogP contribution in [0.25, 0.3) is 0 Å². The van der Waals surface area contributed by atoms with Crippen LogP contribution in [0.3, 0.4) is 0 Å². The summed E-state index contributed by atoms with van der Waals surface area (Å²) in [5, 5.41) is 0. The summed E-state index contributed by atoms with van der Waals surface area (Å²) in [6.45, 7) is 1.39. The van der Waals surface area contributed by atoms with Crippen molar-refractivity contribution in [3.63, 3.8) is 0 Å². The topological polar surface area (TPSA) is 29.5 Å². The van der Waals surface area contributed by atoms with Gasteiger partial charge in [-0.3, -0.25) is 4.79 Å². The molecule has 0 bridgehead atoms. The number of carbonyl (C=O) groups is 1. The van der Waals surface area contributed by atoms with Gasteiger partial charge in [0.25, 0.3) is 0 Å². The Morgan fingerprint density at radius 3 is 2.67 bits per heavy atom. The lowest BCUT2D eigenvalue weighted by molar-refractivity contribution is -0.118. The Labute approximate surface area is 125 Å². The van der Waals surface area contributed by atoms with Crippen LogP contribution in [0.4, 0.5) is 5.69 Å². The van der Waals surface area contributed by atoms with E-state index in [0.717, 1.165) is 30.8 Å². The molecule has 3 heteroatoms. The molecule has 0 spiro atoms. The van der Waals surface area contributed by atoms with E-state index in [-0.39, 0.29) is 5.91 Å². The maximum absolute atomic E-state index is 12.6. The van der Waals surface area contributed by atoms with E-state index in [1.54, 1.807) is 0 Å². The zero-order valence-electron chi connectivity index (χ0n) is 12.0. The Hall–Kier alpha value is -2.29. The molecule has 3 rings (SSSR count). The number of amides is 1. The summed E-state index contributed by atoms with van der Waals surface area (Å²) < 4.78 is 5.70. The molecular formula is C18H19NO2. The Morgan fingerprint density at radius 1 is 1.05 bits per heavy atom. The molecular weight excluding hydrogens is 262 g/mol. The van der Waals surface area contributed by atoms with Crippen molar-refractivity contribution in [2.45, 2.75) is 19.3 Å². The normalized spacial score (nSPS) is 14.0. The molecule has 108 valence electrons. The molecule has 0 aromatic heterocycles. The van der Waals surface area contributed by atoms with Crippen molar-refractivity contribution in [2.24, 2.45) is 0 Å². The summed E-state index contributed by atoms with van der Waals surface area (Å²) in [7, 11) is 0. The lowest BCUT2D eigenvalue weighted by atomic mass is 10.1. The van der Waals surface area contributed by atoms with Gasteiger partial charge in [0.1, 0.15) is 5.75 Å². The molecule has 0 fully saturated rings. The summed E-state index contributed by atoms with van der Waals surface area (Å²) >= 11 is 0. The van der Waals surface area contributed by atoms with Crippen LogP contribution < -0.4 is 9.64 Å². The van der Waals surface area contributed by atoms with Crippen molar-refractivity contribution in [3.05, 3.63) is 60.2 Å². The highest BCUT2D eigenvalue weighted by Crippen LogP contribution is 2.30. The smallest absolute Gasteiger partial charge is 0.227 e. The van der Waals surface area contributed by atoms with Crippen molar-refractivity contribution in [1.82, 2.24) is 0 Å². The summed E-state index contributed by atoms with van der Waals surface area (Å²) in [6.07, 6.45) is 2.17. The average molecular weight is 281 g/mol. The number of hydrogen-bond donors (Lipinski definition) is 0. The number of fused-ring (bicyclic) bond motifs is 1. The van der Waals surface area contributed by atoms with Gasteiger partial charge >= 0.3 is 0 Å². The van der Waals surface area contributed by atoms with E-state index in [9.17, 15) is 4.79 Å². The number of hydrogen-bond acceptors (Lipinski definition) is 2. The number of ether oxygens (including phenoxy) is 1. The number of carbonyl (C=O) groups excluding carboxylic acids is 1. The summed E-state index contributed by atoms with van der Waals surface area (Å²) in [4.78, 5) is 14.4. The van der Waals surface area contributed by atoms with Gasteiger partial charge in [0.2, 0.25) is 5.91 Å². The molecule has 21 heavy (non-hydrogen) atoms. The summed E-state index contributed by atoms with van der Waals surface area (Å²) in [6, 6.07) is 17.9. The number of para-hydroxylation sites is 2. The van der Waals surface area contributed by atoms with E-state index in [2.05, 4.69) is 12.1 Å². The Kier molecular flexibility index (Phi) is 4.20. The fraction of sp³-hybridized carbons (Fsp3) is 0.278. The van der Waals surface area contributed by atoms with E-state index in [1.165, 1.54) is 5.56 Å². The molecule has 0 N–H and O–H groups in total. The van der Waals surface area contributed by atoms with Gasteiger partial charge in [-0.05, 0) is 30.5 Å². The van der Waals surface area contributed by atoms with Crippen molar-refractivity contribution < 1.29 is 9.53 Å². The molecule has 0 saturated heterocycles. The van der Waals surface area contributed by atoms with Crippen LogP contribution in [0.15, 0.2) is 54.6 Å². The molecule has 1 aliphatic rings. The third kappa shape index (κ3) is 3.24. The average Bonchev–Trinajstić information content (AvgIpc) is 2.76. The molecule has 2 aromatic rings. The molecule has 0 aliphatic carbocycles. The standard InChI is InChI=1S/C18H19NO2/c20-18(12-11-15-7-2-1-3-8-15)19-13-6-14-21-17-10-5-4-9-16(17)19/h1-5,7-10H,6,11-14H2. The molecule has 2 aromatic carbocycles. The van der Waals surface area contributed by atoms with Crippen molar-refractivity contribution in [2.75, 3.05) is 18.1 Å². The van der Waals surface area contributed by atoms with E-state index in [0.29, 0.717) is 13.0 Å². The second-order valence-electron chi connectivity index (χ2n) is 5.20. The van der Waals surface area contributed by atoms with Crippen LogP contribution in [0, 0.1) is 0 Å². The minimum Gasteiger partial charge on any atom is -0.491 e. The molecule has 0 radical (unpaired) electrons. The highest BCUT2D eigenvalue weighted by Gasteiger charge is 2.21. The van der Waals surface area contributed by atoms with E-state index >= 15 is 0 Å². The minimum absolute atomic E-state index is 0.164. The molecule has 1 heterocycles. The first-order chi connectivity index (χ1) is 10.3. The van der Waals surface area contributed by atoms with Crippen LogP contribution in [0.5, 0.6) is 5.75 Å². The molecule has 0 atom stereocenters. The van der Waals surface area contributed by atoms with E-state index in [4.69, 9.17) is 4.74 Å². The highest BCUT2D eigenvalue weighted by molar-refractivity contribution is 5.95. The SMILES string of the molecule is O=C(CCc1ccccc1)N1CCCOc2ccccc21. The van der Waals surface area contributed by atoms with Crippen LogP contribution in [0.2, 0.25) is 0 Å². The first kappa shape index (κ1) is 13.7. The monoisotopic (exact) mass is 281 g/mol. The van der Waals surface area contributed by atoms with Gasteiger partial charge in [-0.2, -0.15) is 0 Å². The molecule has 0 unspecified atom stereocenters. The third-order valence-electron chi connectivity index (χ3n) is 3.71. The first-order valence-corrected chi connectivity index (χ1v) is 7.41. The third-order valence-corrected chi connectivity index (χ3v) is 3.71. The van der Waals surface area contributed by atoms with Gasteiger partial charge in [-0.25, -0.2) is 0 Å². The Balaban J connectivity index is 1.72.